The standard InChI is InChI=1S/C15H15N3O5S/c1-2-23-15-9-8-12(10-14(15)18(19)20)11-16-17-24(21,22)13-6-4-3-5-7-13/h3-11,17H,2H2,1H3/b16-11+. The molecule has 2 rings (SSSR count). The Kier molecular flexibility index (Phi) is 5.48. The van der Waals surface area contributed by atoms with Crippen molar-refractivity contribution in [3.63, 3.8) is 0 Å². The molecule has 2 aromatic carbocycles. The fourth-order valence-corrected chi connectivity index (χ4v) is 2.67. The van der Waals surface area contributed by atoms with E-state index in [0.29, 0.717) is 12.2 Å². The van der Waals surface area contributed by atoms with Gasteiger partial charge in [0, 0.05) is 11.6 Å². The highest BCUT2D eigenvalue weighted by Gasteiger charge is 2.15. The number of benzene rings is 2. The summed E-state index contributed by atoms with van der Waals surface area (Å²) in [6.07, 6.45) is 1.18. The van der Waals surface area contributed by atoms with Gasteiger partial charge >= 0.3 is 5.69 Å². The van der Waals surface area contributed by atoms with Gasteiger partial charge in [-0.25, -0.2) is 4.83 Å². The fourth-order valence-electron chi connectivity index (χ4n) is 1.86. The van der Waals surface area contributed by atoms with Gasteiger partial charge in [-0.1, -0.05) is 18.2 Å². The minimum absolute atomic E-state index is 0.0693. The van der Waals surface area contributed by atoms with Crippen molar-refractivity contribution in [1.82, 2.24) is 4.83 Å². The zero-order valence-corrected chi connectivity index (χ0v) is 13.6. The molecule has 0 bridgehead atoms. The lowest BCUT2D eigenvalue weighted by Gasteiger charge is -2.05. The number of nitrogens with zero attached hydrogens (tertiary/aromatic N) is 2. The summed E-state index contributed by atoms with van der Waals surface area (Å²) in [5.41, 5.74) is 0.146. The van der Waals surface area contributed by atoms with Crippen LogP contribution in [0.1, 0.15) is 12.5 Å². The first-order chi connectivity index (χ1) is 11.4. The molecule has 2 aromatic rings. The topological polar surface area (TPSA) is 111 Å². The second-order valence-corrected chi connectivity index (χ2v) is 6.24. The smallest absolute Gasteiger partial charge is 0.311 e. The van der Waals surface area contributed by atoms with Crippen LogP contribution in [0.25, 0.3) is 0 Å². The third-order valence-electron chi connectivity index (χ3n) is 2.92. The molecule has 0 aliphatic carbocycles. The normalized spacial score (nSPS) is 11.4. The van der Waals surface area contributed by atoms with Gasteiger partial charge < -0.3 is 4.74 Å². The van der Waals surface area contributed by atoms with Gasteiger partial charge in [0.2, 0.25) is 0 Å². The molecule has 0 unspecified atom stereocenters. The lowest BCUT2D eigenvalue weighted by Crippen LogP contribution is -2.18. The van der Waals surface area contributed by atoms with Crippen LogP contribution in [-0.2, 0) is 10.0 Å². The molecule has 8 nitrogen and oxygen atoms in total. The molecule has 0 saturated heterocycles. The van der Waals surface area contributed by atoms with Crippen molar-refractivity contribution in [1.29, 1.82) is 0 Å². The Morgan fingerprint density at radius 3 is 2.58 bits per heavy atom. The van der Waals surface area contributed by atoms with E-state index in [-0.39, 0.29) is 16.3 Å². The van der Waals surface area contributed by atoms with E-state index in [1.807, 2.05) is 0 Å². The Bertz CT molecular complexity index is 851. The first kappa shape index (κ1) is 17.4. The predicted octanol–water partition coefficient (Wildman–Crippen LogP) is 2.31. The highest BCUT2D eigenvalue weighted by molar-refractivity contribution is 7.89. The van der Waals surface area contributed by atoms with E-state index in [2.05, 4.69) is 9.93 Å². The highest BCUT2D eigenvalue weighted by atomic mass is 32.2. The van der Waals surface area contributed by atoms with Crippen molar-refractivity contribution < 1.29 is 18.1 Å². The lowest BCUT2D eigenvalue weighted by molar-refractivity contribution is -0.385. The zero-order chi connectivity index (χ0) is 17.6. The zero-order valence-electron chi connectivity index (χ0n) is 12.7. The monoisotopic (exact) mass is 349 g/mol. The molecule has 0 aliphatic rings. The fraction of sp³-hybridized carbons (Fsp3) is 0.133. The van der Waals surface area contributed by atoms with Gasteiger partial charge in [-0.3, -0.25) is 10.1 Å². The lowest BCUT2D eigenvalue weighted by atomic mass is 10.2. The van der Waals surface area contributed by atoms with Gasteiger partial charge in [-0.2, -0.15) is 13.5 Å². The molecule has 0 radical (unpaired) electrons. The summed E-state index contributed by atoms with van der Waals surface area (Å²) >= 11 is 0. The molecule has 1 N–H and O–H groups in total. The van der Waals surface area contributed by atoms with Gasteiger partial charge in [-0.15, -0.1) is 0 Å². The Labute approximate surface area is 139 Å². The molecular weight excluding hydrogens is 334 g/mol. The van der Waals surface area contributed by atoms with Gasteiger partial charge in [0.25, 0.3) is 10.0 Å². The van der Waals surface area contributed by atoms with E-state index in [1.54, 1.807) is 25.1 Å². The van der Waals surface area contributed by atoms with E-state index in [9.17, 15) is 18.5 Å². The number of nitrogens with one attached hydrogen (secondary N) is 1. The molecule has 9 heteroatoms. The minimum atomic E-state index is -3.78. The summed E-state index contributed by atoms with van der Waals surface area (Å²) < 4.78 is 29.1. The predicted molar refractivity (Wildman–Crippen MR) is 88.6 cm³/mol. The number of nitro benzene ring substituents is 1. The van der Waals surface area contributed by atoms with Gasteiger partial charge in [-0.05, 0) is 31.2 Å². The van der Waals surface area contributed by atoms with Crippen molar-refractivity contribution in [3.8, 4) is 5.75 Å². The Morgan fingerprint density at radius 2 is 1.96 bits per heavy atom. The SMILES string of the molecule is CCOc1ccc(/C=N/NS(=O)(=O)c2ccccc2)cc1[N+](=O)[O-]. The van der Waals surface area contributed by atoms with Gasteiger partial charge in [0.1, 0.15) is 0 Å². The van der Waals surface area contributed by atoms with Crippen LogP contribution in [-0.4, -0.2) is 26.2 Å². The number of nitro groups is 1. The van der Waals surface area contributed by atoms with Gasteiger partial charge in [0.05, 0.1) is 22.6 Å². The number of sulfonamides is 1. The van der Waals surface area contributed by atoms with Crippen LogP contribution < -0.4 is 9.57 Å². The molecule has 0 aromatic heterocycles. The van der Waals surface area contributed by atoms with Gasteiger partial charge in [0.15, 0.2) is 5.75 Å². The van der Waals surface area contributed by atoms with Crippen LogP contribution in [0, 0.1) is 10.1 Å². The van der Waals surface area contributed by atoms with Crippen molar-refractivity contribution in [3.05, 3.63) is 64.2 Å². The van der Waals surface area contributed by atoms with E-state index in [4.69, 9.17) is 4.74 Å². The van der Waals surface area contributed by atoms with Crippen molar-refractivity contribution in [2.45, 2.75) is 11.8 Å². The van der Waals surface area contributed by atoms with Crippen LogP contribution in [0.3, 0.4) is 0 Å². The summed E-state index contributed by atoms with van der Waals surface area (Å²) in [5, 5.41) is 14.7. The highest BCUT2D eigenvalue weighted by Crippen LogP contribution is 2.27. The minimum Gasteiger partial charge on any atom is -0.487 e. The van der Waals surface area contributed by atoms with Crippen LogP contribution in [0.5, 0.6) is 5.75 Å². The molecule has 0 saturated carbocycles. The number of hydrogen-bond acceptors (Lipinski definition) is 6. The maximum absolute atomic E-state index is 12.0. The third-order valence-corrected chi connectivity index (χ3v) is 4.16. The Balaban J connectivity index is 2.18. The van der Waals surface area contributed by atoms with Crippen LogP contribution in [0.2, 0.25) is 0 Å². The molecule has 0 fully saturated rings. The first-order valence-electron chi connectivity index (χ1n) is 6.95. The molecule has 0 spiro atoms. The Morgan fingerprint density at radius 1 is 1.25 bits per heavy atom. The number of ether oxygens (including phenoxy) is 1. The number of hydrogen-bond donors (Lipinski definition) is 1. The third kappa shape index (κ3) is 4.29. The van der Waals surface area contributed by atoms with Crippen molar-refractivity contribution >= 4 is 21.9 Å². The van der Waals surface area contributed by atoms with E-state index in [1.165, 1.54) is 36.5 Å². The van der Waals surface area contributed by atoms with E-state index >= 15 is 0 Å². The molecule has 0 atom stereocenters. The van der Waals surface area contributed by atoms with Crippen molar-refractivity contribution in [2.24, 2.45) is 5.10 Å². The molecule has 0 heterocycles. The van der Waals surface area contributed by atoms with Crippen molar-refractivity contribution in [2.75, 3.05) is 6.61 Å². The second-order valence-electron chi connectivity index (χ2n) is 4.58. The molecule has 0 amide bonds. The summed E-state index contributed by atoms with van der Waals surface area (Å²) in [4.78, 5) is 12.6. The maximum Gasteiger partial charge on any atom is 0.311 e. The largest absolute Gasteiger partial charge is 0.487 e. The first-order valence-corrected chi connectivity index (χ1v) is 8.43. The quantitative estimate of drug-likeness (QED) is 0.468. The average molecular weight is 349 g/mol. The molecule has 24 heavy (non-hydrogen) atoms. The number of hydrazone groups is 1. The summed E-state index contributed by atoms with van der Waals surface area (Å²) in [5.74, 6) is 0.143. The number of rotatable bonds is 7. The Hall–Kier alpha value is -2.94. The summed E-state index contributed by atoms with van der Waals surface area (Å²) in [7, 11) is -3.78. The molecule has 0 aliphatic heterocycles. The molecular formula is C15H15N3O5S. The summed E-state index contributed by atoms with van der Waals surface area (Å²) in [6.45, 7) is 2.02. The van der Waals surface area contributed by atoms with Crippen LogP contribution in [0.15, 0.2) is 58.5 Å². The molecule has 126 valence electrons. The summed E-state index contributed by atoms with van der Waals surface area (Å²) in [6, 6.07) is 12.0. The maximum atomic E-state index is 12.0. The average Bonchev–Trinajstić information content (AvgIpc) is 2.57. The van der Waals surface area contributed by atoms with E-state index in [0.717, 1.165) is 0 Å². The van der Waals surface area contributed by atoms with Crippen LogP contribution >= 0.6 is 0 Å². The second kappa shape index (κ2) is 7.55. The van der Waals surface area contributed by atoms with Crippen LogP contribution in [0.4, 0.5) is 5.69 Å². The van der Waals surface area contributed by atoms with E-state index < -0.39 is 14.9 Å².